The van der Waals surface area contributed by atoms with Crippen molar-refractivity contribution < 1.29 is 0 Å². The molecule has 3 heteroatoms. The third-order valence-corrected chi connectivity index (χ3v) is 2.67. The van der Waals surface area contributed by atoms with Crippen molar-refractivity contribution in [1.82, 2.24) is 5.01 Å². The highest BCUT2D eigenvalue weighted by Gasteiger charge is 2.11. The van der Waals surface area contributed by atoms with Crippen LogP contribution in [0.5, 0.6) is 0 Å². The van der Waals surface area contributed by atoms with Gasteiger partial charge in [-0.2, -0.15) is 5.10 Å². The highest BCUT2D eigenvalue weighted by Crippen LogP contribution is 2.15. The molecule has 13 heavy (non-hydrogen) atoms. The number of halogens is 1. The Morgan fingerprint density at radius 1 is 1.31 bits per heavy atom. The smallest absolute Gasteiger partial charge is 0.0695 e. The Morgan fingerprint density at radius 2 is 2.00 bits per heavy atom. The first kappa shape index (κ1) is 8.75. The van der Waals surface area contributed by atoms with Crippen LogP contribution in [0.15, 0.2) is 33.8 Å². The fraction of sp³-hybridized carbons (Fsp3) is 0.300. The van der Waals surface area contributed by atoms with E-state index < -0.39 is 0 Å². The van der Waals surface area contributed by atoms with E-state index in [4.69, 9.17) is 0 Å². The van der Waals surface area contributed by atoms with Crippen LogP contribution < -0.4 is 0 Å². The quantitative estimate of drug-likeness (QED) is 0.735. The van der Waals surface area contributed by atoms with Crippen LogP contribution in [0, 0.1) is 0 Å². The van der Waals surface area contributed by atoms with Gasteiger partial charge in [-0.05, 0) is 17.7 Å². The van der Waals surface area contributed by atoms with Crippen molar-refractivity contribution >= 4 is 21.6 Å². The van der Waals surface area contributed by atoms with Crippen molar-refractivity contribution in [3.8, 4) is 0 Å². The van der Waals surface area contributed by atoms with Gasteiger partial charge in [-0.3, -0.25) is 5.01 Å². The second-order valence-electron chi connectivity index (χ2n) is 3.18. The lowest BCUT2D eigenvalue weighted by atomic mass is 10.1. The fourth-order valence-electron chi connectivity index (χ4n) is 1.42. The largest absolute Gasteiger partial charge is 0.299 e. The summed E-state index contributed by atoms with van der Waals surface area (Å²) in [5, 5.41) is 6.41. The molecule has 1 aromatic carbocycles. The third-order valence-electron chi connectivity index (χ3n) is 2.14. The van der Waals surface area contributed by atoms with Crippen LogP contribution in [0.25, 0.3) is 0 Å². The molecule has 0 atom stereocenters. The Balaban J connectivity index is 2.26. The van der Waals surface area contributed by atoms with Gasteiger partial charge in [-0.15, -0.1) is 0 Å². The van der Waals surface area contributed by atoms with Gasteiger partial charge >= 0.3 is 0 Å². The predicted octanol–water partition coefficient (Wildman–Crippen LogP) is 2.49. The van der Waals surface area contributed by atoms with E-state index in [0.717, 1.165) is 17.4 Å². The lowest BCUT2D eigenvalue weighted by Gasteiger charge is -2.01. The Bertz CT molecular complexity index is 329. The van der Waals surface area contributed by atoms with Crippen molar-refractivity contribution in [3.05, 3.63) is 34.3 Å². The van der Waals surface area contributed by atoms with Crippen LogP contribution >= 0.6 is 15.9 Å². The minimum Gasteiger partial charge on any atom is -0.299 e. The zero-order valence-corrected chi connectivity index (χ0v) is 9.08. The van der Waals surface area contributed by atoms with E-state index in [1.807, 2.05) is 12.1 Å². The lowest BCUT2D eigenvalue weighted by molar-refractivity contribution is 0.393. The first-order valence-corrected chi connectivity index (χ1v) is 5.09. The van der Waals surface area contributed by atoms with Gasteiger partial charge in [0.15, 0.2) is 0 Å². The molecule has 1 heterocycles. The van der Waals surface area contributed by atoms with Crippen molar-refractivity contribution in [2.24, 2.45) is 5.10 Å². The van der Waals surface area contributed by atoms with E-state index in [1.54, 1.807) is 0 Å². The van der Waals surface area contributed by atoms with Gasteiger partial charge in [0.1, 0.15) is 0 Å². The second-order valence-corrected chi connectivity index (χ2v) is 4.10. The molecule has 1 aliphatic heterocycles. The number of nitrogens with zero attached hydrogens (tertiary/aromatic N) is 2. The van der Waals surface area contributed by atoms with Gasteiger partial charge in [0.2, 0.25) is 0 Å². The molecule has 0 spiro atoms. The SMILES string of the molecule is CN1CCC(c2ccc(Br)cc2)=N1. The normalized spacial score (nSPS) is 16.2. The van der Waals surface area contributed by atoms with Gasteiger partial charge in [-0.1, -0.05) is 28.1 Å². The van der Waals surface area contributed by atoms with Crippen LogP contribution in [0.4, 0.5) is 0 Å². The number of hydrazone groups is 1. The molecule has 0 N–H and O–H groups in total. The maximum Gasteiger partial charge on any atom is 0.0695 e. The monoisotopic (exact) mass is 238 g/mol. The van der Waals surface area contributed by atoms with Crippen molar-refractivity contribution in [3.63, 3.8) is 0 Å². The number of hydrogen-bond donors (Lipinski definition) is 0. The van der Waals surface area contributed by atoms with Crippen LogP contribution in [0.1, 0.15) is 12.0 Å². The third kappa shape index (κ3) is 1.91. The van der Waals surface area contributed by atoms with Gasteiger partial charge in [0.25, 0.3) is 0 Å². The van der Waals surface area contributed by atoms with Gasteiger partial charge < -0.3 is 0 Å². The van der Waals surface area contributed by atoms with Crippen molar-refractivity contribution in [2.75, 3.05) is 13.6 Å². The first-order valence-electron chi connectivity index (χ1n) is 4.30. The Labute approximate surface area is 86.4 Å². The van der Waals surface area contributed by atoms with Gasteiger partial charge in [0.05, 0.1) is 5.71 Å². The zero-order valence-electron chi connectivity index (χ0n) is 7.50. The molecule has 68 valence electrons. The summed E-state index contributed by atoms with van der Waals surface area (Å²) in [5.74, 6) is 0. The molecule has 0 unspecified atom stereocenters. The van der Waals surface area contributed by atoms with Crippen molar-refractivity contribution in [1.29, 1.82) is 0 Å². The van der Waals surface area contributed by atoms with E-state index in [9.17, 15) is 0 Å². The van der Waals surface area contributed by atoms with E-state index in [2.05, 4.69) is 45.3 Å². The average molecular weight is 239 g/mol. The molecule has 1 aromatic rings. The minimum absolute atomic E-state index is 1.03. The van der Waals surface area contributed by atoms with Gasteiger partial charge in [-0.25, -0.2) is 0 Å². The molecule has 1 aliphatic rings. The Kier molecular flexibility index (Phi) is 2.36. The summed E-state index contributed by atoms with van der Waals surface area (Å²) in [4.78, 5) is 0. The topological polar surface area (TPSA) is 15.6 Å². The van der Waals surface area contributed by atoms with E-state index >= 15 is 0 Å². The molecule has 0 fully saturated rings. The van der Waals surface area contributed by atoms with E-state index in [0.29, 0.717) is 0 Å². The summed E-state index contributed by atoms with van der Waals surface area (Å²) in [6.45, 7) is 1.03. The number of rotatable bonds is 1. The predicted molar refractivity (Wildman–Crippen MR) is 57.9 cm³/mol. The van der Waals surface area contributed by atoms with Crippen molar-refractivity contribution in [2.45, 2.75) is 6.42 Å². The molecule has 0 aromatic heterocycles. The molecule has 2 rings (SSSR count). The number of benzene rings is 1. The summed E-state index contributed by atoms with van der Waals surface area (Å²) in [6, 6.07) is 8.30. The lowest BCUT2D eigenvalue weighted by Crippen LogP contribution is -2.04. The summed E-state index contributed by atoms with van der Waals surface area (Å²) >= 11 is 3.42. The molecular weight excluding hydrogens is 228 g/mol. The number of hydrogen-bond acceptors (Lipinski definition) is 2. The van der Waals surface area contributed by atoms with E-state index in [1.165, 1.54) is 11.3 Å². The second kappa shape index (κ2) is 3.50. The maximum absolute atomic E-state index is 4.42. The minimum atomic E-state index is 1.03. The Hall–Kier alpha value is -0.830. The van der Waals surface area contributed by atoms with E-state index in [-0.39, 0.29) is 0 Å². The molecule has 0 radical (unpaired) electrons. The molecule has 0 amide bonds. The fourth-order valence-corrected chi connectivity index (χ4v) is 1.68. The molecule has 0 aliphatic carbocycles. The average Bonchev–Trinajstić information content (AvgIpc) is 2.53. The maximum atomic E-state index is 4.42. The molecule has 0 bridgehead atoms. The van der Waals surface area contributed by atoms with Crippen LogP contribution in [-0.2, 0) is 0 Å². The summed E-state index contributed by atoms with van der Waals surface area (Å²) in [6.07, 6.45) is 1.05. The summed E-state index contributed by atoms with van der Waals surface area (Å²) < 4.78 is 1.11. The highest BCUT2D eigenvalue weighted by atomic mass is 79.9. The Morgan fingerprint density at radius 3 is 2.54 bits per heavy atom. The van der Waals surface area contributed by atoms with Crippen LogP contribution in [0.2, 0.25) is 0 Å². The zero-order chi connectivity index (χ0) is 9.26. The summed E-state index contributed by atoms with van der Waals surface area (Å²) in [5.41, 5.74) is 2.42. The van der Waals surface area contributed by atoms with Crippen LogP contribution in [0.3, 0.4) is 0 Å². The highest BCUT2D eigenvalue weighted by molar-refractivity contribution is 9.10. The van der Waals surface area contributed by atoms with Gasteiger partial charge in [0, 0.05) is 24.5 Å². The standard InChI is InChI=1S/C10H11BrN2/c1-13-7-6-10(12-13)8-2-4-9(11)5-3-8/h2-5H,6-7H2,1H3. The molecular formula is C10H11BrN2. The molecule has 2 nitrogen and oxygen atoms in total. The molecule has 0 saturated heterocycles. The molecule has 0 saturated carbocycles. The van der Waals surface area contributed by atoms with Crippen LogP contribution in [-0.4, -0.2) is 24.3 Å². The summed E-state index contributed by atoms with van der Waals surface area (Å²) in [7, 11) is 2.01. The first-order chi connectivity index (χ1) is 6.25.